The molecule has 2 fully saturated rings. The lowest BCUT2D eigenvalue weighted by molar-refractivity contribution is -0.181. The van der Waals surface area contributed by atoms with Crippen LogP contribution in [0, 0.1) is 0 Å². The number of aliphatic hydroxyl groups is 1. The van der Waals surface area contributed by atoms with Gasteiger partial charge in [-0.15, -0.1) is 0 Å². The lowest BCUT2D eigenvalue weighted by atomic mass is 9.95. The number of ether oxygens (including phenoxy) is 4. The molecule has 0 unspecified atom stereocenters. The highest BCUT2D eigenvalue weighted by Crippen LogP contribution is 2.37. The summed E-state index contributed by atoms with van der Waals surface area (Å²) in [6, 6.07) is 10.0. The van der Waals surface area contributed by atoms with Crippen molar-refractivity contribution in [2.45, 2.75) is 57.1 Å². The minimum absolute atomic E-state index is 0.0534. The van der Waals surface area contributed by atoms with Gasteiger partial charge < -0.3 is 24.1 Å². The third-order valence-electron chi connectivity index (χ3n) is 4.39. The zero-order valence-electron chi connectivity index (χ0n) is 14.3. The highest BCUT2D eigenvalue weighted by atomic mass is 16.8. The predicted octanol–water partition coefficient (Wildman–Crippen LogP) is 2.43. The van der Waals surface area contributed by atoms with Crippen molar-refractivity contribution in [1.82, 2.24) is 0 Å². The SMILES string of the molecule is C=C(CO)C[C@H]1OC[C@H]2OC(C)(C)O[C@H]2[C@@H]1OCc1ccccc1. The standard InChI is InChI=1S/C19H26O5/c1-13(10-20)9-15-17(22-11-14-7-5-4-6-8-14)18-16(12-21-15)23-19(2,3)24-18/h4-8,15-18,20H,1,9-12H2,2-3H3/t15-,16-,17-,18-/m1/s1. The van der Waals surface area contributed by atoms with Crippen LogP contribution in [0.2, 0.25) is 0 Å². The number of hydrogen-bond donors (Lipinski definition) is 1. The highest BCUT2D eigenvalue weighted by molar-refractivity contribution is 5.13. The molecule has 0 aromatic heterocycles. The molecule has 3 rings (SSSR count). The zero-order valence-corrected chi connectivity index (χ0v) is 14.3. The van der Waals surface area contributed by atoms with Gasteiger partial charge in [0, 0.05) is 0 Å². The third kappa shape index (κ3) is 4.05. The van der Waals surface area contributed by atoms with E-state index in [-0.39, 0.29) is 31.0 Å². The summed E-state index contributed by atoms with van der Waals surface area (Å²) in [5.41, 5.74) is 1.82. The first-order valence-electron chi connectivity index (χ1n) is 8.39. The quantitative estimate of drug-likeness (QED) is 0.810. The molecule has 0 saturated carbocycles. The van der Waals surface area contributed by atoms with E-state index in [1.807, 2.05) is 44.2 Å². The van der Waals surface area contributed by atoms with E-state index in [1.54, 1.807) is 0 Å². The van der Waals surface area contributed by atoms with Gasteiger partial charge in [-0.1, -0.05) is 36.9 Å². The molecule has 5 heteroatoms. The minimum Gasteiger partial charge on any atom is -0.392 e. The molecule has 5 nitrogen and oxygen atoms in total. The topological polar surface area (TPSA) is 57.2 Å². The van der Waals surface area contributed by atoms with Gasteiger partial charge in [-0.2, -0.15) is 0 Å². The summed E-state index contributed by atoms with van der Waals surface area (Å²) in [6.07, 6.45) is -0.252. The van der Waals surface area contributed by atoms with Crippen LogP contribution in [-0.2, 0) is 25.6 Å². The molecule has 4 atom stereocenters. The van der Waals surface area contributed by atoms with Crippen molar-refractivity contribution in [3.63, 3.8) is 0 Å². The first kappa shape index (κ1) is 17.6. The Morgan fingerprint density at radius 2 is 2.04 bits per heavy atom. The van der Waals surface area contributed by atoms with Crippen LogP contribution in [-0.4, -0.2) is 48.5 Å². The van der Waals surface area contributed by atoms with E-state index in [9.17, 15) is 5.11 Å². The molecule has 2 aliphatic heterocycles. The van der Waals surface area contributed by atoms with Crippen molar-refractivity contribution in [3.05, 3.63) is 48.0 Å². The first-order valence-corrected chi connectivity index (χ1v) is 8.39. The minimum atomic E-state index is -0.643. The van der Waals surface area contributed by atoms with Gasteiger partial charge in [0.2, 0.25) is 0 Å². The van der Waals surface area contributed by atoms with Gasteiger partial charge in [-0.05, 0) is 31.4 Å². The molecule has 0 amide bonds. The van der Waals surface area contributed by atoms with Crippen molar-refractivity contribution in [1.29, 1.82) is 0 Å². The number of aliphatic hydroxyl groups excluding tert-OH is 1. The maximum absolute atomic E-state index is 9.28. The summed E-state index contributed by atoms with van der Waals surface area (Å²) in [5, 5.41) is 9.28. The molecule has 2 saturated heterocycles. The molecule has 132 valence electrons. The molecule has 1 N–H and O–H groups in total. The fourth-order valence-electron chi connectivity index (χ4n) is 3.29. The molecule has 2 heterocycles. The Hall–Kier alpha value is -1.24. The summed E-state index contributed by atoms with van der Waals surface area (Å²) in [4.78, 5) is 0. The Balaban J connectivity index is 1.73. The van der Waals surface area contributed by atoms with Crippen LogP contribution in [0.25, 0.3) is 0 Å². The predicted molar refractivity (Wildman–Crippen MR) is 89.4 cm³/mol. The fourth-order valence-corrected chi connectivity index (χ4v) is 3.29. The van der Waals surface area contributed by atoms with E-state index in [4.69, 9.17) is 18.9 Å². The summed E-state index contributed by atoms with van der Waals surface area (Å²) in [6.45, 7) is 8.57. The van der Waals surface area contributed by atoms with Gasteiger partial charge in [-0.3, -0.25) is 0 Å². The van der Waals surface area contributed by atoms with E-state index in [1.165, 1.54) is 0 Å². The number of hydrogen-bond acceptors (Lipinski definition) is 5. The Labute approximate surface area is 143 Å². The second kappa shape index (κ2) is 7.33. The van der Waals surface area contributed by atoms with Crippen molar-refractivity contribution < 1.29 is 24.1 Å². The molecule has 0 radical (unpaired) electrons. The molecule has 0 aliphatic carbocycles. The fraction of sp³-hybridized carbons (Fsp3) is 0.579. The summed E-state index contributed by atoms with van der Waals surface area (Å²) >= 11 is 0. The maximum Gasteiger partial charge on any atom is 0.164 e. The summed E-state index contributed by atoms with van der Waals surface area (Å²) < 4.78 is 24.1. The highest BCUT2D eigenvalue weighted by Gasteiger charge is 2.51. The van der Waals surface area contributed by atoms with E-state index in [0.29, 0.717) is 19.6 Å². The van der Waals surface area contributed by atoms with E-state index in [2.05, 4.69) is 6.58 Å². The van der Waals surface area contributed by atoms with Gasteiger partial charge in [0.05, 0.1) is 25.9 Å². The van der Waals surface area contributed by atoms with Crippen molar-refractivity contribution in [2.75, 3.05) is 13.2 Å². The van der Waals surface area contributed by atoms with Crippen LogP contribution in [0.4, 0.5) is 0 Å². The molecule has 0 spiro atoms. The molecule has 2 aliphatic rings. The van der Waals surface area contributed by atoms with Crippen LogP contribution in [0.5, 0.6) is 0 Å². The van der Waals surface area contributed by atoms with Gasteiger partial charge in [0.25, 0.3) is 0 Å². The Kier molecular flexibility index (Phi) is 5.37. The third-order valence-corrected chi connectivity index (χ3v) is 4.39. The Morgan fingerprint density at radius 3 is 2.75 bits per heavy atom. The average Bonchev–Trinajstić information content (AvgIpc) is 2.88. The Morgan fingerprint density at radius 1 is 1.29 bits per heavy atom. The summed E-state index contributed by atoms with van der Waals surface area (Å²) in [5.74, 6) is -0.643. The van der Waals surface area contributed by atoms with Gasteiger partial charge in [0.1, 0.15) is 18.3 Å². The monoisotopic (exact) mass is 334 g/mol. The van der Waals surface area contributed by atoms with Gasteiger partial charge >= 0.3 is 0 Å². The summed E-state index contributed by atoms with van der Waals surface area (Å²) in [7, 11) is 0. The van der Waals surface area contributed by atoms with Crippen molar-refractivity contribution in [3.8, 4) is 0 Å². The van der Waals surface area contributed by atoms with Crippen LogP contribution in [0.1, 0.15) is 25.8 Å². The van der Waals surface area contributed by atoms with E-state index < -0.39 is 5.79 Å². The average molecular weight is 334 g/mol. The molecule has 24 heavy (non-hydrogen) atoms. The van der Waals surface area contributed by atoms with Crippen LogP contribution < -0.4 is 0 Å². The lowest BCUT2D eigenvalue weighted by Gasteiger charge is -2.38. The van der Waals surface area contributed by atoms with Crippen LogP contribution in [0.3, 0.4) is 0 Å². The van der Waals surface area contributed by atoms with Crippen molar-refractivity contribution in [2.24, 2.45) is 0 Å². The molecule has 0 bridgehead atoms. The zero-order chi connectivity index (χ0) is 17.2. The lowest BCUT2D eigenvalue weighted by Crippen LogP contribution is -2.52. The molecular weight excluding hydrogens is 308 g/mol. The van der Waals surface area contributed by atoms with Crippen LogP contribution in [0.15, 0.2) is 42.5 Å². The van der Waals surface area contributed by atoms with Crippen LogP contribution >= 0.6 is 0 Å². The molecular formula is C19H26O5. The number of rotatable bonds is 6. The second-order valence-corrected chi connectivity index (χ2v) is 6.88. The number of fused-ring (bicyclic) bond motifs is 1. The second-order valence-electron chi connectivity index (χ2n) is 6.88. The van der Waals surface area contributed by atoms with Crippen molar-refractivity contribution >= 4 is 0 Å². The Bertz CT molecular complexity index is 556. The van der Waals surface area contributed by atoms with Gasteiger partial charge in [0.15, 0.2) is 5.79 Å². The van der Waals surface area contributed by atoms with Gasteiger partial charge in [-0.25, -0.2) is 0 Å². The smallest absolute Gasteiger partial charge is 0.164 e. The molecule has 1 aromatic rings. The molecule has 1 aromatic carbocycles. The normalized spacial score (nSPS) is 31.6. The largest absolute Gasteiger partial charge is 0.392 e. The van der Waals surface area contributed by atoms with E-state index >= 15 is 0 Å². The van der Waals surface area contributed by atoms with E-state index in [0.717, 1.165) is 11.1 Å². The first-order chi connectivity index (χ1) is 11.5. The number of benzene rings is 1. The maximum atomic E-state index is 9.28.